The number of rotatable bonds is 3. The molecule has 1 aliphatic rings. The van der Waals surface area contributed by atoms with E-state index < -0.39 is 5.76 Å². The Bertz CT molecular complexity index is 733. The van der Waals surface area contributed by atoms with Gasteiger partial charge in [-0.05, 0) is 26.0 Å². The van der Waals surface area contributed by atoms with E-state index in [1.165, 1.54) is 4.57 Å². The standard InChI is InChI=1S/C16H20N2O4/c1-11-10-21-12(2)9-18(11)15(19)7-8-17-13-5-3-4-6-14(13)22-16(17)20/h3-6,11-12H,7-10H2,1-2H3/t11-,12-/m0/s1. The quantitative estimate of drug-likeness (QED) is 0.864. The third-order valence-electron chi connectivity index (χ3n) is 4.05. The third-order valence-corrected chi connectivity index (χ3v) is 4.05. The van der Waals surface area contributed by atoms with Gasteiger partial charge >= 0.3 is 5.76 Å². The molecule has 0 bridgehead atoms. The van der Waals surface area contributed by atoms with Crippen molar-refractivity contribution in [1.82, 2.24) is 9.47 Å². The molecule has 1 amide bonds. The minimum Gasteiger partial charge on any atom is -0.408 e. The third kappa shape index (κ3) is 2.78. The maximum absolute atomic E-state index is 12.4. The fourth-order valence-electron chi connectivity index (χ4n) is 2.83. The Kier molecular flexibility index (Phi) is 4.02. The van der Waals surface area contributed by atoms with Gasteiger partial charge in [0, 0.05) is 19.5 Å². The summed E-state index contributed by atoms with van der Waals surface area (Å²) in [5, 5.41) is 0. The maximum atomic E-state index is 12.4. The van der Waals surface area contributed by atoms with Crippen LogP contribution in [0.25, 0.3) is 11.1 Å². The summed E-state index contributed by atoms with van der Waals surface area (Å²) in [5.41, 5.74) is 1.28. The molecule has 1 aromatic carbocycles. The van der Waals surface area contributed by atoms with Gasteiger partial charge in [-0.1, -0.05) is 12.1 Å². The first-order chi connectivity index (χ1) is 10.6. The average Bonchev–Trinajstić information content (AvgIpc) is 2.82. The van der Waals surface area contributed by atoms with Crippen molar-refractivity contribution in [3.63, 3.8) is 0 Å². The summed E-state index contributed by atoms with van der Waals surface area (Å²) in [4.78, 5) is 26.2. The second-order valence-electron chi connectivity index (χ2n) is 5.78. The molecule has 0 aliphatic carbocycles. The Hall–Kier alpha value is -2.08. The van der Waals surface area contributed by atoms with Gasteiger partial charge in [-0.3, -0.25) is 9.36 Å². The van der Waals surface area contributed by atoms with Gasteiger partial charge in [0.15, 0.2) is 5.58 Å². The van der Waals surface area contributed by atoms with Gasteiger partial charge < -0.3 is 14.1 Å². The normalized spacial score (nSPS) is 22.2. The van der Waals surface area contributed by atoms with E-state index >= 15 is 0 Å². The van der Waals surface area contributed by atoms with E-state index in [9.17, 15) is 9.59 Å². The molecule has 118 valence electrons. The molecule has 6 heteroatoms. The molecule has 0 saturated carbocycles. The Morgan fingerprint density at radius 3 is 2.91 bits per heavy atom. The van der Waals surface area contributed by atoms with Gasteiger partial charge in [-0.25, -0.2) is 4.79 Å². The number of amides is 1. The van der Waals surface area contributed by atoms with Gasteiger partial charge in [-0.2, -0.15) is 0 Å². The van der Waals surface area contributed by atoms with Gasteiger partial charge in [0.1, 0.15) is 0 Å². The van der Waals surface area contributed by atoms with Crippen molar-refractivity contribution in [2.45, 2.75) is 39.0 Å². The predicted molar refractivity (Wildman–Crippen MR) is 81.7 cm³/mol. The molecule has 0 N–H and O–H groups in total. The van der Waals surface area contributed by atoms with Gasteiger partial charge in [0.25, 0.3) is 0 Å². The van der Waals surface area contributed by atoms with Crippen LogP contribution in [0.1, 0.15) is 20.3 Å². The Morgan fingerprint density at radius 1 is 1.32 bits per heavy atom. The summed E-state index contributed by atoms with van der Waals surface area (Å²) < 4.78 is 12.2. The Balaban J connectivity index is 1.72. The first-order valence-electron chi connectivity index (χ1n) is 7.55. The Morgan fingerprint density at radius 2 is 2.09 bits per heavy atom. The number of ether oxygens (including phenoxy) is 1. The number of oxazole rings is 1. The summed E-state index contributed by atoms with van der Waals surface area (Å²) in [6.45, 7) is 5.42. The molecule has 1 saturated heterocycles. The topological polar surface area (TPSA) is 64.7 Å². The number of carbonyl (C=O) groups is 1. The highest BCUT2D eigenvalue weighted by atomic mass is 16.5. The fourth-order valence-corrected chi connectivity index (χ4v) is 2.83. The first kappa shape index (κ1) is 14.8. The molecule has 1 fully saturated rings. The van der Waals surface area contributed by atoms with Crippen molar-refractivity contribution < 1.29 is 13.9 Å². The predicted octanol–water partition coefficient (Wildman–Crippen LogP) is 1.62. The zero-order valence-corrected chi connectivity index (χ0v) is 12.8. The highest BCUT2D eigenvalue weighted by Gasteiger charge is 2.27. The number of para-hydroxylation sites is 2. The average molecular weight is 304 g/mol. The van der Waals surface area contributed by atoms with E-state index in [1.54, 1.807) is 6.07 Å². The number of carbonyl (C=O) groups excluding carboxylic acids is 1. The lowest BCUT2D eigenvalue weighted by molar-refractivity contribution is -0.143. The SMILES string of the molecule is C[C@H]1CN(C(=O)CCn2c(=O)oc3ccccc32)[C@@H](C)CO1. The number of fused-ring (bicyclic) bond motifs is 1. The molecule has 2 aromatic rings. The minimum atomic E-state index is -0.419. The lowest BCUT2D eigenvalue weighted by Crippen LogP contribution is -2.50. The van der Waals surface area contributed by atoms with Crippen LogP contribution in [0.4, 0.5) is 0 Å². The van der Waals surface area contributed by atoms with Crippen molar-refractivity contribution >= 4 is 17.0 Å². The highest BCUT2D eigenvalue weighted by Crippen LogP contribution is 2.15. The van der Waals surface area contributed by atoms with E-state index in [4.69, 9.17) is 9.15 Å². The number of hydrogen-bond acceptors (Lipinski definition) is 4. The number of hydrogen-bond donors (Lipinski definition) is 0. The molecule has 6 nitrogen and oxygen atoms in total. The van der Waals surface area contributed by atoms with Crippen molar-refractivity contribution in [3.8, 4) is 0 Å². The minimum absolute atomic E-state index is 0.0415. The molecule has 1 aliphatic heterocycles. The van der Waals surface area contributed by atoms with Crippen LogP contribution < -0.4 is 5.76 Å². The van der Waals surface area contributed by atoms with E-state index in [0.29, 0.717) is 25.3 Å². The zero-order chi connectivity index (χ0) is 15.7. The van der Waals surface area contributed by atoms with Crippen LogP contribution in [0.15, 0.2) is 33.5 Å². The summed E-state index contributed by atoms with van der Waals surface area (Å²) in [6.07, 6.45) is 0.332. The zero-order valence-electron chi connectivity index (χ0n) is 12.8. The Labute approximate surface area is 128 Å². The van der Waals surface area contributed by atoms with Gasteiger partial charge in [0.2, 0.25) is 5.91 Å². The number of nitrogens with zero attached hydrogens (tertiary/aromatic N) is 2. The van der Waals surface area contributed by atoms with Crippen molar-refractivity contribution in [3.05, 3.63) is 34.8 Å². The summed E-state index contributed by atoms with van der Waals surface area (Å²) in [7, 11) is 0. The van der Waals surface area contributed by atoms with E-state index in [-0.39, 0.29) is 24.5 Å². The molecule has 1 aromatic heterocycles. The van der Waals surface area contributed by atoms with E-state index in [1.807, 2.05) is 36.9 Å². The number of aryl methyl sites for hydroxylation is 1. The van der Waals surface area contributed by atoms with E-state index in [0.717, 1.165) is 5.52 Å². The fraction of sp³-hybridized carbons (Fsp3) is 0.500. The van der Waals surface area contributed by atoms with Gasteiger partial charge in [-0.15, -0.1) is 0 Å². The van der Waals surface area contributed by atoms with Crippen LogP contribution in [0, 0.1) is 0 Å². The molecule has 0 unspecified atom stereocenters. The molecule has 0 spiro atoms. The summed E-state index contributed by atoms with van der Waals surface area (Å²) >= 11 is 0. The lowest BCUT2D eigenvalue weighted by Gasteiger charge is -2.36. The maximum Gasteiger partial charge on any atom is 0.419 e. The largest absolute Gasteiger partial charge is 0.419 e. The van der Waals surface area contributed by atoms with Crippen LogP contribution in [0.2, 0.25) is 0 Å². The molecule has 2 heterocycles. The second kappa shape index (κ2) is 5.96. The molecular weight excluding hydrogens is 284 g/mol. The number of benzene rings is 1. The number of aromatic nitrogens is 1. The van der Waals surface area contributed by atoms with Crippen LogP contribution in [-0.4, -0.2) is 40.7 Å². The highest BCUT2D eigenvalue weighted by molar-refractivity contribution is 5.77. The lowest BCUT2D eigenvalue weighted by atomic mass is 10.2. The van der Waals surface area contributed by atoms with Crippen molar-refractivity contribution in [2.75, 3.05) is 13.2 Å². The molecule has 2 atom stereocenters. The summed E-state index contributed by atoms with van der Waals surface area (Å²) in [6, 6.07) is 7.31. The molecular formula is C16H20N2O4. The van der Waals surface area contributed by atoms with Crippen LogP contribution in [0.3, 0.4) is 0 Å². The summed E-state index contributed by atoms with van der Waals surface area (Å²) in [5.74, 6) is -0.378. The monoisotopic (exact) mass is 304 g/mol. The molecule has 0 radical (unpaired) electrons. The number of morpholine rings is 1. The first-order valence-corrected chi connectivity index (χ1v) is 7.55. The molecule has 22 heavy (non-hydrogen) atoms. The van der Waals surface area contributed by atoms with Crippen LogP contribution in [-0.2, 0) is 16.1 Å². The smallest absolute Gasteiger partial charge is 0.408 e. The molecule has 3 rings (SSSR count). The second-order valence-corrected chi connectivity index (χ2v) is 5.78. The van der Waals surface area contributed by atoms with E-state index in [2.05, 4.69) is 0 Å². The van der Waals surface area contributed by atoms with Crippen LogP contribution in [0.5, 0.6) is 0 Å². The van der Waals surface area contributed by atoms with Crippen molar-refractivity contribution in [2.24, 2.45) is 0 Å². The van der Waals surface area contributed by atoms with Gasteiger partial charge in [0.05, 0.1) is 24.3 Å². The van der Waals surface area contributed by atoms with Crippen molar-refractivity contribution in [1.29, 1.82) is 0 Å². The van der Waals surface area contributed by atoms with Crippen LogP contribution >= 0.6 is 0 Å².